The van der Waals surface area contributed by atoms with Gasteiger partial charge in [0.15, 0.2) is 11.5 Å². The Hall–Kier alpha value is -2.94. The van der Waals surface area contributed by atoms with Crippen molar-refractivity contribution in [2.45, 2.75) is 45.8 Å². The molecule has 3 rings (SSSR count). The summed E-state index contributed by atoms with van der Waals surface area (Å²) >= 11 is 0. The lowest BCUT2D eigenvalue weighted by atomic mass is 10.3. The Balaban J connectivity index is 1.48. The van der Waals surface area contributed by atoms with Gasteiger partial charge in [-0.25, -0.2) is 0 Å². The summed E-state index contributed by atoms with van der Waals surface area (Å²) in [4.78, 5) is 12.0. The molecule has 3 aromatic rings. The molecule has 9 nitrogen and oxygen atoms in total. The number of ether oxygens (including phenoxy) is 1. The van der Waals surface area contributed by atoms with Crippen molar-refractivity contribution in [3.05, 3.63) is 42.1 Å². The van der Waals surface area contributed by atoms with Gasteiger partial charge in [-0.2, -0.15) is 4.52 Å². The average Bonchev–Trinajstić information content (AvgIpc) is 3.33. The highest BCUT2D eigenvalue weighted by molar-refractivity contribution is 5.76. The molecule has 0 saturated heterocycles. The van der Waals surface area contributed by atoms with E-state index in [0.29, 0.717) is 49.8 Å². The van der Waals surface area contributed by atoms with E-state index in [2.05, 4.69) is 25.9 Å². The summed E-state index contributed by atoms with van der Waals surface area (Å²) in [5, 5.41) is 18.9. The number of carbonyl (C=O) groups is 1. The van der Waals surface area contributed by atoms with E-state index in [-0.39, 0.29) is 12.0 Å². The molecule has 28 heavy (non-hydrogen) atoms. The predicted molar refractivity (Wildman–Crippen MR) is 104 cm³/mol. The minimum Gasteiger partial charge on any atom is -0.467 e. The first-order chi connectivity index (χ1) is 13.6. The third-order valence-electron chi connectivity index (χ3n) is 4.02. The van der Waals surface area contributed by atoms with Crippen LogP contribution < -0.4 is 10.6 Å². The van der Waals surface area contributed by atoms with Gasteiger partial charge in [-0.15, -0.1) is 15.3 Å². The second-order valence-corrected chi connectivity index (χ2v) is 6.66. The summed E-state index contributed by atoms with van der Waals surface area (Å²) in [6.07, 6.45) is 3.43. The van der Waals surface area contributed by atoms with Gasteiger partial charge < -0.3 is 19.8 Å². The number of nitrogens with one attached hydrogen (secondary N) is 2. The number of hydrogen-bond acceptors (Lipinski definition) is 7. The summed E-state index contributed by atoms with van der Waals surface area (Å²) in [6.45, 7) is 5.77. The van der Waals surface area contributed by atoms with Crippen molar-refractivity contribution >= 4 is 17.4 Å². The van der Waals surface area contributed by atoms with Crippen molar-refractivity contribution in [2.75, 3.05) is 18.5 Å². The van der Waals surface area contributed by atoms with Crippen molar-refractivity contribution in [2.24, 2.45) is 0 Å². The molecule has 0 radical (unpaired) electrons. The average molecular weight is 386 g/mol. The molecule has 1 amide bonds. The summed E-state index contributed by atoms with van der Waals surface area (Å²) in [7, 11) is 0. The topological polar surface area (TPSA) is 107 Å². The SMILES string of the molecule is CC(C)OCCCNC(=O)CCc1nnc2ccc(NCc3ccco3)nn12. The van der Waals surface area contributed by atoms with Crippen LogP contribution in [0.4, 0.5) is 5.82 Å². The van der Waals surface area contributed by atoms with Gasteiger partial charge in [0, 0.05) is 26.0 Å². The van der Waals surface area contributed by atoms with Gasteiger partial charge in [-0.05, 0) is 44.5 Å². The molecule has 150 valence electrons. The van der Waals surface area contributed by atoms with Crippen LogP contribution in [0.15, 0.2) is 34.9 Å². The van der Waals surface area contributed by atoms with E-state index in [1.54, 1.807) is 10.8 Å². The summed E-state index contributed by atoms with van der Waals surface area (Å²) in [6, 6.07) is 7.41. The zero-order valence-electron chi connectivity index (χ0n) is 16.2. The third-order valence-corrected chi connectivity index (χ3v) is 4.02. The van der Waals surface area contributed by atoms with Crippen LogP contribution in [0.5, 0.6) is 0 Å². The number of rotatable bonds is 11. The van der Waals surface area contributed by atoms with Crippen LogP contribution in [0.3, 0.4) is 0 Å². The van der Waals surface area contributed by atoms with Crippen LogP contribution in [0, 0.1) is 0 Å². The molecule has 0 unspecified atom stereocenters. The normalized spacial score (nSPS) is 11.2. The van der Waals surface area contributed by atoms with E-state index >= 15 is 0 Å². The molecule has 0 bridgehead atoms. The van der Waals surface area contributed by atoms with E-state index < -0.39 is 0 Å². The van der Waals surface area contributed by atoms with Crippen molar-refractivity contribution in [3.8, 4) is 0 Å². The second-order valence-electron chi connectivity index (χ2n) is 6.66. The fourth-order valence-corrected chi connectivity index (χ4v) is 2.61. The van der Waals surface area contributed by atoms with Crippen LogP contribution in [-0.4, -0.2) is 45.0 Å². The molecule has 0 spiro atoms. The van der Waals surface area contributed by atoms with E-state index in [0.717, 1.165) is 12.2 Å². The van der Waals surface area contributed by atoms with Crippen molar-refractivity contribution in [1.29, 1.82) is 0 Å². The van der Waals surface area contributed by atoms with Crippen molar-refractivity contribution in [1.82, 2.24) is 25.1 Å². The minimum absolute atomic E-state index is 0.0200. The molecule has 0 aliphatic carbocycles. The number of carbonyl (C=O) groups excluding carboxylic acids is 1. The minimum atomic E-state index is -0.0200. The summed E-state index contributed by atoms with van der Waals surface area (Å²) < 4.78 is 12.4. The number of anilines is 1. The molecule has 3 heterocycles. The molecule has 0 aliphatic heterocycles. The van der Waals surface area contributed by atoms with Gasteiger partial charge in [-0.1, -0.05) is 0 Å². The monoisotopic (exact) mass is 386 g/mol. The standard InChI is InChI=1S/C19H26N6O3/c1-14(2)27-12-4-10-20-19(26)9-8-18-23-22-17-7-6-16(24-25(17)18)21-13-15-5-3-11-28-15/h3,5-7,11,14H,4,8-10,12-13H2,1-2H3,(H,20,26)(H,21,24). The predicted octanol–water partition coefficient (Wildman–Crippen LogP) is 2.19. The number of aromatic nitrogens is 4. The van der Waals surface area contributed by atoms with Crippen molar-refractivity contribution < 1.29 is 13.9 Å². The van der Waals surface area contributed by atoms with Crippen LogP contribution >= 0.6 is 0 Å². The van der Waals surface area contributed by atoms with E-state index in [9.17, 15) is 4.79 Å². The first kappa shape index (κ1) is 19.8. The lowest BCUT2D eigenvalue weighted by Gasteiger charge is -2.08. The Morgan fingerprint density at radius 2 is 2.18 bits per heavy atom. The van der Waals surface area contributed by atoms with Crippen LogP contribution in [0.2, 0.25) is 0 Å². The number of fused-ring (bicyclic) bond motifs is 1. The summed E-state index contributed by atoms with van der Waals surface area (Å²) in [5.41, 5.74) is 0.643. The van der Waals surface area contributed by atoms with E-state index in [1.165, 1.54) is 0 Å². The van der Waals surface area contributed by atoms with Gasteiger partial charge in [0.05, 0.1) is 18.9 Å². The number of hydrogen-bond donors (Lipinski definition) is 2. The largest absolute Gasteiger partial charge is 0.467 e. The third kappa shape index (κ3) is 5.78. The first-order valence-electron chi connectivity index (χ1n) is 9.47. The van der Waals surface area contributed by atoms with Gasteiger partial charge in [0.25, 0.3) is 0 Å². The van der Waals surface area contributed by atoms with E-state index in [4.69, 9.17) is 9.15 Å². The zero-order valence-corrected chi connectivity index (χ0v) is 16.2. The smallest absolute Gasteiger partial charge is 0.220 e. The van der Waals surface area contributed by atoms with Gasteiger partial charge in [-0.3, -0.25) is 4.79 Å². The van der Waals surface area contributed by atoms with Crippen LogP contribution in [-0.2, 0) is 22.5 Å². The Morgan fingerprint density at radius 3 is 2.96 bits per heavy atom. The molecule has 0 aromatic carbocycles. The fourth-order valence-electron chi connectivity index (χ4n) is 2.61. The molecule has 0 saturated carbocycles. The van der Waals surface area contributed by atoms with Gasteiger partial charge >= 0.3 is 0 Å². The van der Waals surface area contributed by atoms with Crippen LogP contribution in [0.1, 0.15) is 38.3 Å². The maximum absolute atomic E-state index is 12.0. The molecule has 0 atom stereocenters. The summed E-state index contributed by atoms with van der Waals surface area (Å²) in [5.74, 6) is 2.13. The number of nitrogens with zero attached hydrogens (tertiary/aromatic N) is 4. The highest BCUT2D eigenvalue weighted by atomic mass is 16.5. The molecule has 0 fully saturated rings. The first-order valence-corrected chi connectivity index (χ1v) is 9.47. The van der Waals surface area contributed by atoms with E-state index in [1.807, 2.05) is 38.1 Å². The highest BCUT2D eigenvalue weighted by Crippen LogP contribution is 2.10. The molecular weight excluding hydrogens is 360 g/mol. The Labute approximate surface area is 163 Å². The molecular formula is C19H26N6O3. The Morgan fingerprint density at radius 1 is 1.29 bits per heavy atom. The van der Waals surface area contributed by atoms with Crippen LogP contribution in [0.25, 0.3) is 5.65 Å². The number of amides is 1. The number of aryl methyl sites for hydroxylation is 1. The molecule has 0 aliphatic rings. The fraction of sp³-hybridized carbons (Fsp3) is 0.474. The molecule has 9 heteroatoms. The maximum Gasteiger partial charge on any atom is 0.220 e. The second kappa shape index (κ2) is 9.84. The lowest BCUT2D eigenvalue weighted by Crippen LogP contribution is -2.26. The van der Waals surface area contributed by atoms with Crippen molar-refractivity contribution in [3.63, 3.8) is 0 Å². The Bertz CT molecular complexity index is 875. The lowest BCUT2D eigenvalue weighted by molar-refractivity contribution is -0.121. The number of furan rings is 1. The molecule has 2 N–H and O–H groups in total. The maximum atomic E-state index is 12.0. The Kier molecular flexibility index (Phi) is 6.96. The quantitative estimate of drug-likeness (QED) is 0.487. The van der Waals surface area contributed by atoms with Gasteiger partial charge in [0.2, 0.25) is 5.91 Å². The molecule has 3 aromatic heterocycles. The zero-order chi connectivity index (χ0) is 19.8. The van der Waals surface area contributed by atoms with Gasteiger partial charge in [0.1, 0.15) is 11.6 Å². The highest BCUT2D eigenvalue weighted by Gasteiger charge is 2.10.